The van der Waals surface area contributed by atoms with E-state index in [0.29, 0.717) is 12.6 Å². The van der Waals surface area contributed by atoms with Crippen molar-refractivity contribution in [2.45, 2.75) is 57.2 Å². The SMILES string of the molecule is CC1CN(C2CCCC2)C(=O)C(CC(=O)O)N1. The largest absolute Gasteiger partial charge is 0.481 e. The molecule has 96 valence electrons. The molecule has 17 heavy (non-hydrogen) atoms. The number of carboxylic acid groups (broad SMARTS) is 1. The van der Waals surface area contributed by atoms with Crippen LogP contribution in [-0.4, -0.2) is 46.6 Å². The van der Waals surface area contributed by atoms with Crippen molar-refractivity contribution < 1.29 is 14.7 Å². The van der Waals surface area contributed by atoms with Crippen molar-refractivity contribution in [3.8, 4) is 0 Å². The zero-order chi connectivity index (χ0) is 12.4. The van der Waals surface area contributed by atoms with Gasteiger partial charge >= 0.3 is 5.97 Å². The smallest absolute Gasteiger partial charge is 0.305 e. The Labute approximate surface area is 101 Å². The van der Waals surface area contributed by atoms with E-state index in [1.807, 2.05) is 11.8 Å². The predicted octanol–water partition coefficient (Wildman–Crippen LogP) is 0.593. The molecule has 0 aromatic heterocycles. The molecular weight excluding hydrogens is 220 g/mol. The van der Waals surface area contributed by atoms with Gasteiger partial charge in [-0.3, -0.25) is 9.59 Å². The van der Waals surface area contributed by atoms with Gasteiger partial charge in [-0.2, -0.15) is 0 Å². The number of hydrogen-bond donors (Lipinski definition) is 2. The maximum absolute atomic E-state index is 12.2. The number of piperazine rings is 1. The minimum Gasteiger partial charge on any atom is -0.481 e. The van der Waals surface area contributed by atoms with Gasteiger partial charge < -0.3 is 15.3 Å². The summed E-state index contributed by atoms with van der Waals surface area (Å²) < 4.78 is 0. The summed E-state index contributed by atoms with van der Waals surface area (Å²) in [5, 5.41) is 11.9. The summed E-state index contributed by atoms with van der Waals surface area (Å²) in [6.07, 6.45) is 4.38. The van der Waals surface area contributed by atoms with E-state index < -0.39 is 12.0 Å². The lowest BCUT2D eigenvalue weighted by atomic mass is 10.0. The first-order valence-electron chi connectivity index (χ1n) is 6.36. The van der Waals surface area contributed by atoms with Gasteiger partial charge in [0, 0.05) is 18.6 Å². The van der Waals surface area contributed by atoms with Crippen LogP contribution in [0.3, 0.4) is 0 Å². The summed E-state index contributed by atoms with van der Waals surface area (Å²) in [5.74, 6) is -0.950. The van der Waals surface area contributed by atoms with Crippen LogP contribution in [-0.2, 0) is 9.59 Å². The molecule has 1 amide bonds. The Morgan fingerprint density at radius 2 is 2.12 bits per heavy atom. The van der Waals surface area contributed by atoms with Crippen LogP contribution < -0.4 is 5.32 Å². The van der Waals surface area contributed by atoms with E-state index in [4.69, 9.17) is 5.11 Å². The van der Waals surface area contributed by atoms with Crippen LogP contribution in [0.25, 0.3) is 0 Å². The number of carbonyl (C=O) groups is 2. The molecule has 2 rings (SSSR count). The van der Waals surface area contributed by atoms with Gasteiger partial charge in [0.15, 0.2) is 0 Å². The van der Waals surface area contributed by atoms with Crippen molar-refractivity contribution in [2.75, 3.05) is 6.54 Å². The van der Waals surface area contributed by atoms with Crippen molar-refractivity contribution in [1.29, 1.82) is 0 Å². The summed E-state index contributed by atoms with van der Waals surface area (Å²) in [6, 6.07) is -0.0298. The number of amides is 1. The molecule has 2 N–H and O–H groups in total. The maximum atomic E-state index is 12.2. The van der Waals surface area contributed by atoms with Crippen molar-refractivity contribution in [1.82, 2.24) is 10.2 Å². The van der Waals surface area contributed by atoms with Gasteiger partial charge in [-0.15, -0.1) is 0 Å². The number of aliphatic carboxylic acids is 1. The summed E-state index contributed by atoms with van der Waals surface area (Å²) in [4.78, 5) is 24.8. The number of rotatable bonds is 3. The standard InChI is InChI=1S/C12H20N2O3/c1-8-7-14(9-4-2-3-5-9)12(17)10(13-8)6-11(15)16/h8-10,13H,2-7H2,1H3,(H,15,16). The molecular formula is C12H20N2O3. The Morgan fingerprint density at radius 3 is 2.71 bits per heavy atom. The Balaban J connectivity index is 2.05. The molecule has 2 unspecified atom stereocenters. The van der Waals surface area contributed by atoms with Gasteiger partial charge in [-0.1, -0.05) is 12.8 Å². The molecule has 5 nitrogen and oxygen atoms in total. The third kappa shape index (κ3) is 2.77. The number of carboxylic acids is 1. The molecule has 1 aliphatic heterocycles. The van der Waals surface area contributed by atoms with Gasteiger partial charge in [0.25, 0.3) is 0 Å². The van der Waals surface area contributed by atoms with Crippen molar-refractivity contribution >= 4 is 11.9 Å². The second kappa shape index (κ2) is 5.04. The van der Waals surface area contributed by atoms with Gasteiger partial charge in [0.05, 0.1) is 12.5 Å². The zero-order valence-corrected chi connectivity index (χ0v) is 10.2. The number of nitrogens with one attached hydrogen (secondary N) is 1. The summed E-state index contributed by atoms with van der Waals surface area (Å²) in [5.41, 5.74) is 0. The monoisotopic (exact) mass is 240 g/mol. The van der Waals surface area contributed by atoms with Crippen LogP contribution >= 0.6 is 0 Å². The highest BCUT2D eigenvalue weighted by molar-refractivity contribution is 5.87. The lowest BCUT2D eigenvalue weighted by molar-refractivity contribution is -0.146. The highest BCUT2D eigenvalue weighted by Gasteiger charge is 2.37. The third-order valence-electron chi connectivity index (χ3n) is 3.68. The third-order valence-corrected chi connectivity index (χ3v) is 3.68. The molecule has 1 aliphatic carbocycles. The molecule has 1 saturated heterocycles. The summed E-state index contributed by atoms with van der Waals surface area (Å²) in [7, 11) is 0. The predicted molar refractivity (Wildman–Crippen MR) is 62.6 cm³/mol. The van der Waals surface area contributed by atoms with Crippen molar-refractivity contribution in [3.05, 3.63) is 0 Å². The molecule has 5 heteroatoms. The Bertz CT molecular complexity index is 313. The molecule has 0 spiro atoms. The molecule has 0 bridgehead atoms. The normalized spacial score (nSPS) is 30.9. The van der Waals surface area contributed by atoms with Crippen LogP contribution in [0.15, 0.2) is 0 Å². The quantitative estimate of drug-likeness (QED) is 0.757. The topological polar surface area (TPSA) is 69.6 Å². The van der Waals surface area contributed by atoms with E-state index in [9.17, 15) is 9.59 Å². The van der Waals surface area contributed by atoms with Gasteiger partial charge in [-0.05, 0) is 19.8 Å². The molecule has 0 aromatic carbocycles. The maximum Gasteiger partial charge on any atom is 0.305 e. The van der Waals surface area contributed by atoms with Crippen LogP contribution in [0.1, 0.15) is 39.0 Å². The summed E-state index contributed by atoms with van der Waals surface area (Å²) in [6.45, 7) is 2.71. The van der Waals surface area contributed by atoms with Crippen molar-refractivity contribution in [3.63, 3.8) is 0 Å². The van der Waals surface area contributed by atoms with E-state index in [1.165, 1.54) is 12.8 Å². The fourth-order valence-electron chi connectivity index (χ4n) is 2.92. The van der Waals surface area contributed by atoms with Crippen LogP contribution in [0.5, 0.6) is 0 Å². The molecule has 2 atom stereocenters. The van der Waals surface area contributed by atoms with E-state index in [-0.39, 0.29) is 18.4 Å². The van der Waals surface area contributed by atoms with Crippen LogP contribution in [0.4, 0.5) is 0 Å². The first-order valence-corrected chi connectivity index (χ1v) is 6.36. The first kappa shape index (κ1) is 12.4. The second-order valence-electron chi connectivity index (χ2n) is 5.15. The minimum absolute atomic E-state index is 0.0302. The Hall–Kier alpha value is -1.10. The number of nitrogens with zero attached hydrogens (tertiary/aromatic N) is 1. The Morgan fingerprint density at radius 1 is 1.47 bits per heavy atom. The molecule has 1 heterocycles. The first-order chi connectivity index (χ1) is 8.08. The Kier molecular flexibility index (Phi) is 3.66. The summed E-state index contributed by atoms with van der Waals surface area (Å²) >= 11 is 0. The molecule has 2 aliphatic rings. The second-order valence-corrected chi connectivity index (χ2v) is 5.15. The van der Waals surface area contributed by atoms with Gasteiger partial charge in [-0.25, -0.2) is 0 Å². The van der Waals surface area contributed by atoms with E-state index in [1.54, 1.807) is 0 Å². The fraction of sp³-hybridized carbons (Fsp3) is 0.833. The molecule has 2 fully saturated rings. The van der Waals surface area contributed by atoms with Crippen LogP contribution in [0, 0.1) is 0 Å². The lowest BCUT2D eigenvalue weighted by Gasteiger charge is -2.40. The minimum atomic E-state index is -0.920. The van der Waals surface area contributed by atoms with Gasteiger partial charge in [0.2, 0.25) is 5.91 Å². The number of hydrogen-bond acceptors (Lipinski definition) is 3. The van der Waals surface area contributed by atoms with E-state index in [2.05, 4.69) is 5.32 Å². The lowest BCUT2D eigenvalue weighted by Crippen LogP contribution is -2.61. The van der Waals surface area contributed by atoms with Crippen molar-refractivity contribution in [2.24, 2.45) is 0 Å². The molecule has 0 radical (unpaired) electrons. The van der Waals surface area contributed by atoms with E-state index in [0.717, 1.165) is 12.8 Å². The highest BCUT2D eigenvalue weighted by Crippen LogP contribution is 2.26. The number of carbonyl (C=O) groups excluding carboxylic acids is 1. The highest BCUT2D eigenvalue weighted by atomic mass is 16.4. The van der Waals surface area contributed by atoms with E-state index >= 15 is 0 Å². The van der Waals surface area contributed by atoms with Crippen LogP contribution in [0.2, 0.25) is 0 Å². The zero-order valence-electron chi connectivity index (χ0n) is 10.2. The molecule has 1 saturated carbocycles. The average molecular weight is 240 g/mol. The fourth-order valence-corrected chi connectivity index (χ4v) is 2.92. The van der Waals surface area contributed by atoms with Gasteiger partial charge in [0.1, 0.15) is 0 Å². The molecule has 0 aromatic rings. The average Bonchev–Trinajstić information content (AvgIpc) is 2.75.